The number of carboxylic acids is 2. The molecule has 69 heavy (non-hydrogen) atoms. The summed E-state index contributed by atoms with van der Waals surface area (Å²) in [4.78, 5) is 31.4. The first kappa shape index (κ1) is 49.8. The van der Waals surface area contributed by atoms with Crippen molar-refractivity contribution in [2.45, 2.75) is 12.7 Å². The Kier molecular flexibility index (Phi) is 15.4. The summed E-state index contributed by atoms with van der Waals surface area (Å²) in [5.41, 5.74) is 1.96. The molecule has 0 radical (unpaired) electrons. The predicted octanol–water partition coefficient (Wildman–Crippen LogP) is 11.2. The molecule has 21 heteroatoms. The van der Waals surface area contributed by atoms with E-state index in [9.17, 15) is 56.4 Å². The van der Waals surface area contributed by atoms with E-state index in [4.69, 9.17) is 0 Å². The molecule has 0 aliphatic carbocycles. The number of carbonyl (C=O) groups is 2. The Morgan fingerprint density at radius 1 is 0.507 bits per heavy atom. The number of aliphatic imine (C=N–C) groups is 2. The summed E-state index contributed by atoms with van der Waals surface area (Å²) in [6.07, 6.45) is -7.32. The minimum absolute atomic E-state index is 0. The van der Waals surface area contributed by atoms with Gasteiger partial charge in [0.25, 0.3) is 0 Å². The summed E-state index contributed by atoms with van der Waals surface area (Å²) in [5, 5.41) is 49.4. The number of para-hydroxylation sites is 4. The number of halogens is 6. The van der Waals surface area contributed by atoms with E-state index in [0.29, 0.717) is 11.4 Å². The number of aromatic nitrogens is 4. The van der Waals surface area contributed by atoms with Crippen LogP contribution in [0.4, 0.5) is 37.7 Å². The Hall–Kier alpha value is -8.67. The van der Waals surface area contributed by atoms with E-state index in [1.54, 1.807) is 84.9 Å². The summed E-state index contributed by atoms with van der Waals surface area (Å²) in [6.45, 7) is 0. The van der Waals surface area contributed by atoms with Crippen LogP contribution in [0.25, 0.3) is 33.9 Å². The topological polar surface area (TPSA) is 194 Å². The molecule has 0 fully saturated rings. The van der Waals surface area contributed by atoms with Crippen molar-refractivity contribution in [3.8, 4) is 57.1 Å². The molecule has 0 amide bonds. The van der Waals surface area contributed by atoms with Gasteiger partial charge in [-0.05, 0) is 72.8 Å². The standard InChI is InChI=1S/2C24H16F3N3O4.Cr/c2*25-24(26,27)34-17-10-6-7-15(13-17)21-19(14-28-20-12-5-4-11-18(20)23(32)33)22(31)30(29-21)16-8-2-1-3-9-16;/h2*1-14,31H,(H,32,33);. The summed E-state index contributed by atoms with van der Waals surface area (Å²) >= 11 is 0. The maximum absolute atomic E-state index is 12.7. The third kappa shape index (κ3) is 12.4. The fourth-order valence-corrected chi connectivity index (χ4v) is 6.49. The van der Waals surface area contributed by atoms with Crippen molar-refractivity contribution in [3.05, 3.63) is 180 Å². The fraction of sp³-hybridized carbons (Fsp3) is 0.0417. The maximum Gasteiger partial charge on any atom is 0.573 e. The minimum Gasteiger partial charge on any atom is -0.493 e. The van der Waals surface area contributed by atoms with Gasteiger partial charge in [-0.2, -0.15) is 10.2 Å². The zero-order valence-electron chi connectivity index (χ0n) is 34.9. The average Bonchev–Trinajstić information content (AvgIpc) is 3.82. The first-order valence-corrected chi connectivity index (χ1v) is 19.7. The molecular weight excluding hydrogens is 955 g/mol. The minimum atomic E-state index is -4.88. The van der Waals surface area contributed by atoms with Gasteiger partial charge < -0.3 is 29.9 Å². The van der Waals surface area contributed by atoms with Gasteiger partial charge in [-0.3, -0.25) is 9.98 Å². The van der Waals surface area contributed by atoms with E-state index in [-0.39, 0.29) is 85.3 Å². The quantitative estimate of drug-likeness (QED) is 0.0676. The van der Waals surface area contributed by atoms with E-state index in [1.165, 1.54) is 70.3 Å². The molecule has 4 N–H and O–H groups in total. The maximum atomic E-state index is 12.7. The molecule has 0 saturated carbocycles. The number of aromatic hydroxyl groups is 2. The number of alkyl halides is 6. The Balaban J connectivity index is 0.000000224. The second-order valence-electron chi connectivity index (χ2n) is 14.0. The van der Waals surface area contributed by atoms with Crippen molar-refractivity contribution in [1.82, 2.24) is 19.6 Å². The zero-order valence-corrected chi connectivity index (χ0v) is 36.2. The van der Waals surface area contributed by atoms with E-state index in [0.717, 1.165) is 24.3 Å². The molecule has 0 saturated heterocycles. The first-order chi connectivity index (χ1) is 32.5. The third-order valence-electron chi connectivity index (χ3n) is 9.41. The second kappa shape index (κ2) is 21.3. The van der Waals surface area contributed by atoms with Crippen LogP contribution >= 0.6 is 0 Å². The molecule has 0 atom stereocenters. The molecule has 0 unspecified atom stereocenters. The number of ether oxygens (including phenoxy) is 2. The molecule has 6 aromatic carbocycles. The summed E-state index contributed by atoms with van der Waals surface area (Å²) in [5.74, 6) is -3.96. The van der Waals surface area contributed by atoms with Crippen LogP contribution in [0, 0.1) is 0 Å². The van der Waals surface area contributed by atoms with Gasteiger partial charge in [-0.25, -0.2) is 19.0 Å². The molecule has 0 aliphatic rings. The number of aromatic carboxylic acids is 2. The molecule has 0 spiro atoms. The number of benzene rings is 6. The van der Waals surface area contributed by atoms with Gasteiger partial charge in [0.1, 0.15) is 22.9 Å². The van der Waals surface area contributed by atoms with Crippen molar-refractivity contribution in [2.75, 3.05) is 0 Å². The summed E-state index contributed by atoms with van der Waals surface area (Å²) in [6, 6.07) is 39.5. The zero-order chi connectivity index (χ0) is 48.6. The monoisotopic (exact) mass is 986 g/mol. The van der Waals surface area contributed by atoms with Crippen LogP contribution in [0.1, 0.15) is 31.8 Å². The largest absolute Gasteiger partial charge is 0.573 e. The number of hydrogen-bond acceptors (Lipinski definition) is 10. The molecular formula is C48H32CrF6N6O8. The van der Waals surface area contributed by atoms with Gasteiger partial charge in [0.2, 0.25) is 11.8 Å². The van der Waals surface area contributed by atoms with Crippen LogP contribution in [0.2, 0.25) is 0 Å². The van der Waals surface area contributed by atoms with Crippen molar-refractivity contribution < 1.29 is 83.2 Å². The van der Waals surface area contributed by atoms with Crippen molar-refractivity contribution in [3.63, 3.8) is 0 Å². The summed E-state index contributed by atoms with van der Waals surface area (Å²) in [7, 11) is 0. The van der Waals surface area contributed by atoms with Crippen LogP contribution in [-0.4, -0.2) is 77.1 Å². The van der Waals surface area contributed by atoms with E-state index < -0.39 is 36.2 Å². The van der Waals surface area contributed by atoms with Gasteiger partial charge in [-0.1, -0.05) is 84.9 Å². The van der Waals surface area contributed by atoms with Gasteiger partial charge >= 0.3 is 24.7 Å². The molecule has 0 aliphatic heterocycles. The molecule has 8 aromatic rings. The van der Waals surface area contributed by atoms with Crippen molar-refractivity contribution in [1.29, 1.82) is 0 Å². The van der Waals surface area contributed by atoms with Crippen LogP contribution in [-0.2, 0) is 17.4 Å². The van der Waals surface area contributed by atoms with Crippen LogP contribution in [0.5, 0.6) is 23.3 Å². The second-order valence-corrected chi connectivity index (χ2v) is 14.0. The Labute approximate surface area is 397 Å². The number of nitrogens with zero attached hydrogens (tertiary/aromatic N) is 6. The Bertz CT molecular complexity index is 2950. The predicted molar refractivity (Wildman–Crippen MR) is 236 cm³/mol. The van der Waals surface area contributed by atoms with Crippen LogP contribution < -0.4 is 9.47 Å². The molecule has 2 heterocycles. The normalized spacial score (nSPS) is 11.4. The molecule has 350 valence electrons. The fourth-order valence-electron chi connectivity index (χ4n) is 6.49. The van der Waals surface area contributed by atoms with Gasteiger partial charge in [-0.15, -0.1) is 26.3 Å². The first-order valence-electron chi connectivity index (χ1n) is 19.7. The summed E-state index contributed by atoms with van der Waals surface area (Å²) < 4.78 is 86.6. The molecule has 0 bridgehead atoms. The molecule has 8 rings (SSSR count). The molecule has 2 aromatic heterocycles. The van der Waals surface area contributed by atoms with E-state index in [2.05, 4.69) is 29.7 Å². The number of carboxylic acid groups (broad SMARTS) is 2. The van der Waals surface area contributed by atoms with E-state index >= 15 is 0 Å². The Morgan fingerprint density at radius 2 is 0.855 bits per heavy atom. The number of rotatable bonds is 12. The average molecular weight is 987 g/mol. The Morgan fingerprint density at radius 3 is 1.20 bits per heavy atom. The SMILES string of the molecule is O=C(O)c1ccccc1N=Cc1c(-c2cccc(OC(F)(F)F)c2)nn(-c2ccccc2)c1O.O=C(O)c1ccccc1N=Cc1c(-c2cccc(OC(F)(F)F)c2)nn(-c2ccccc2)c1O.[Cr]. The molecule has 14 nitrogen and oxygen atoms in total. The van der Waals surface area contributed by atoms with Gasteiger partial charge in [0.15, 0.2) is 0 Å². The van der Waals surface area contributed by atoms with Gasteiger partial charge in [0, 0.05) is 40.9 Å². The van der Waals surface area contributed by atoms with Crippen molar-refractivity contribution >= 4 is 35.7 Å². The van der Waals surface area contributed by atoms with Crippen LogP contribution in [0.3, 0.4) is 0 Å². The van der Waals surface area contributed by atoms with Crippen molar-refractivity contribution in [2.24, 2.45) is 9.98 Å². The third-order valence-corrected chi connectivity index (χ3v) is 9.41. The van der Waals surface area contributed by atoms with Crippen LogP contribution in [0.15, 0.2) is 168 Å². The number of hydrogen-bond donors (Lipinski definition) is 4. The van der Waals surface area contributed by atoms with Gasteiger partial charge in [0.05, 0.1) is 45.0 Å². The van der Waals surface area contributed by atoms with E-state index in [1.807, 2.05) is 0 Å². The smallest absolute Gasteiger partial charge is 0.493 e.